The van der Waals surface area contributed by atoms with Crippen LogP contribution in [0.1, 0.15) is 58.9 Å². The Morgan fingerprint density at radius 3 is 2.38 bits per heavy atom. The van der Waals surface area contributed by atoms with Crippen molar-refractivity contribution in [2.24, 2.45) is 0 Å². The van der Waals surface area contributed by atoms with Gasteiger partial charge in [-0.3, -0.25) is 4.79 Å². The van der Waals surface area contributed by atoms with Crippen LogP contribution in [0.25, 0.3) is 0 Å². The molecule has 0 aliphatic carbocycles. The predicted octanol–water partition coefficient (Wildman–Crippen LogP) is 3.37. The fourth-order valence-electron chi connectivity index (χ4n) is 2.92. The van der Waals surface area contributed by atoms with E-state index in [1.165, 1.54) is 0 Å². The molecule has 1 aromatic carbocycles. The molecule has 3 N–H and O–H groups in total. The summed E-state index contributed by atoms with van der Waals surface area (Å²) in [5, 5.41) is 13.2. The number of hydrogen-bond acceptors (Lipinski definition) is 4. The minimum absolute atomic E-state index is 0.241. The van der Waals surface area contributed by atoms with Crippen molar-refractivity contribution >= 4 is 23.5 Å². The third kappa shape index (κ3) is 4.65. The summed E-state index contributed by atoms with van der Waals surface area (Å²) < 4.78 is 5.09. The van der Waals surface area contributed by atoms with Gasteiger partial charge in [0.1, 0.15) is 5.69 Å². The van der Waals surface area contributed by atoms with Gasteiger partial charge in [-0.2, -0.15) is 0 Å². The number of aryl methyl sites for hydroxylation is 1. The summed E-state index contributed by atoms with van der Waals surface area (Å²) in [6.45, 7) is 6.57. The van der Waals surface area contributed by atoms with Gasteiger partial charge in [-0.25, -0.2) is 4.79 Å². The highest BCUT2D eigenvalue weighted by Gasteiger charge is 2.21. The highest BCUT2D eigenvalue weighted by Crippen LogP contribution is 2.24. The number of aromatic nitrogens is 1. The Morgan fingerprint density at radius 1 is 1.23 bits per heavy atom. The Labute approximate surface area is 157 Å². The second-order valence-corrected chi connectivity index (χ2v) is 6.69. The Hall–Kier alpha value is -2.31. The largest absolute Gasteiger partial charge is 0.451 e. The first-order chi connectivity index (χ1) is 12.2. The molecule has 0 unspecified atom stereocenters. The molecule has 0 saturated heterocycles. The fourth-order valence-corrected chi connectivity index (χ4v) is 3.04. The van der Waals surface area contributed by atoms with Crippen LogP contribution in [0.2, 0.25) is 5.02 Å². The van der Waals surface area contributed by atoms with Crippen LogP contribution < -0.4 is 5.32 Å². The van der Waals surface area contributed by atoms with Gasteiger partial charge >= 0.3 is 5.97 Å². The molecule has 0 spiro atoms. The Balaban J connectivity index is 1.94. The van der Waals surface area contributed by atoms with Crippen molar-refractivity contribution in [1.29, 1.82) is 0 Å². The number of carbonyl (C=O) groups is 2. The van der Waals surface area contributed by atoms with Gasteiger partial charge in [-0.15, -0.1) is 0 Å². The quantitative estimate of drug-likeness (QED) is 0.672. The summed E-state index contributed by atoms with van der Waals surface area (Å²) in [7, 11) is 0. The van der Waals surface area contributed by atoms with Crippen molar-refractivity contribution in [2.45, 2.75) is 39.8 Å². The number of esters is 1. The maximum atomic E-state index is 12.2. The molecule has 2 atom stereocenters. The summed E-state index contributed by atoms with van der Waals surface area (Å²) in [6.07, 6.45) is -0.698. The number of aliphatic hydroxyl groups is 1. The van der Waals surface area contributed by atoms with E-state index in [1.807, 2.05) is 19.1 Å². The number of H-pyrrole nitrogens is 1. The number of halogens is 1. The first-order valence-corrected chi connectivity index (χ1v) is 8.67. The lowest BCUT2D eigenvalue weighted by molar-refractivity contribution is -0.124. The summed E-state index contributed by atoms with van der Waals surface area (Å²) in [6, 6.07) is 6.89. The molecule has 0 aliphatic rings. The van der Waals surface area contributed by atoms with Crippen LogP contribution in [0.4, 0.5) is 0 Å². The van der Waals surface area contributed by atoms with E-state index in [4.69, 9.17) is 16.3 Å². The molecular formula is C19H23ClN2O4. The summed E-state index contributed by atoms with van der Waals surface area (Å²) >= 11 is 5.85. The van der Waals surface area contributed by atoms with E-state index in [0.29, 0.717) is 21.8 Å². The summed E-state index contributed by atoms with van der Waals surface area (Å²) in [5.74, 6) is -1.04. The first-order valence-electron chi connectivity index (χ1n) is 8.29. The van der Waals surface area contributed by atoms with Crippen molar-refractivity contribution in [3.63, 3.8) is 0 Å². The fraction of sp³-hybridized carbons (Fsp3) is 0.368. The van der Waals surface area contributed by atoms with Crippen molar-refractivity contribution < 1.29 is 19.4 Å². The van der Waals surface area contributed by atoms with E-state index in [1.54, 1.807) is 32.9 Å². The highest BCUT2D eigenvalue weighted by atomic mass is 35.5. The highest BCUT2D eigenvalue weighted by molar-refractivity contribution is 6.30. The van der Waals surface area contributed by atoms with E-state index in [0.717, 1.165) is 5.56 Å². The molecule has 1 aromatic heterocycles. The Kier molecular flexibility index (Phi) is 6.45. The van der Waals surface area contributed by atoms with Gasteiger partial charge in [0, 0.05) is 16.3 Å². The molecule has 1 heterocycles. The minimum Gasteiger partial charge on any atom is -0.451 e. The van der Waals surface area contributed by atoms with Gasteiger partial charge in [0.25, 0.3) is 5.91 Å². The SMILES string of the molecule is Cc1[nH]c(C(=O)OCC(=O)N[C@@H](C)c2ccc(Cl)cc2)c(C)c1[C@@H](C)O. The molecule has 2 aromatic rings. The molecule has 0 fully saturated rings. The molecule has 0 saturated carbocycles. The van der Waals surface area contributed by atoms with Crippen LogP contribution in [0.3, 0.4) is 0 Å². The Morgan fingerprint density at radius 2 is 1.85 bits per heavy atom. The van der Waals surface area contributed by atoms with E-state index >= 15 is 0 Å². The number of carbonyl (C=O) groups excluding carboxylic acids is 2. The maximum Gasteiger partial charge on any atom is 0.355 e. The molecule has 0 aliphatic heterocycles. The standard InChI is InChI=1S/C19H23ClN2O4/c1-10-17(13(4)23)12(3)22-18(10)19(25)26-9-16(24)21-11(2)14-5-7-15(20)8-6-14/h5-8,11,13,22-23H,9H2,1-4H3,(H,21,24)/t11-,13+/m0/s1. The van der Waals surface area contributed by atoms with Crippen molar-refractivity contribution in [3.05, 3.63) is 57.4 Å². The first kappa shape index (κ1) is 20.0. The number of ether oxygens (including phenoxy) is 1. The number of benzene rings is 1. The molecule has 26 heavy (non-hydrogen) atoms. The second-order valence-electron chi connectivity index (χ2n) is 6.26. The van der Waals surface area contributed by atoms with Crippen LogP contribution in [0, 0.1) is 13.8 Å². The molecule has 6 nitrogen and oxygen atoms in total. The molecule has 0 radical (unpaired) electrons. The van der Waals surface area contributed by atoms with Crippen LogP contribution in [-0.4, -0.2) is 28.6 Å². The zero-order valence-corrected chi connectivity index (χ0v) is 16.0. The summed E-state index contributed by atoms with van der Waals surface area (Å²) in [5.41, 5.74) is 3.13. The zero-order valence-electron chi connectivity index (χ0n) is 15.2. The number of hydrogen-bond donors (Lipinski definition) is 3. The van der Waals surface area contributed by atoms with Crippen LogP contribution in [0.5, 0.6) is 0 Å². The molecule has 140 valence electrons. The van der Waals surface area contributed by atoms with E-state index in [2.05, 4.69) is 10.3 Å². The third-order valence-corrected chi connectivity index (χ3v) is 4.45. The van der Waals surface area contributed by atoms with E-state index in [9.17, 15) is 14.7 Å². The van der Waals surface area contributed by atoms with Crippen molar-refractivity contribution in [1.82, 2.24) is 10.3 Å². The van der Waals surface area contributed by atoms with E-state index in [-0.39, 0.29) is 11.7 Å². The van der Waals surface area contributed by atoms with Gasteiger partial charge in [0.05, 0.1) is 12.1 Å². The van der Waals surface area contributed by atoms with Gasteiger partial charge < -0.3 is 20.1 Å². The van der Waals surface area contributed by atoms with Gasteiger partial charge in [-0.1, -0.05) is 23.7 Å². The molecular weight excluding hydrogens is 356 g/mol. The van der Waals surface area contributed by atoms with Gasteiger partial charge in [0.15, 0.2) is 6.61 Å². The number of nitrogens with one attached hydrogen (secondary N) is 2. The molecule has 2 rings (SSSR count). The number of aliphatic hydroxyl groups excluding tert-OH is 1. The average Bonchev–Trinajstić information content (AvgIpc) is 2.87. The minimum atomic E-state index is -0.698. The molecule has 1 amide bonds. The predicted molar refractivity (Wildman–Crippen MR) is 99.2 cm³/mol. The molecule has 7 heteroatoms. The smallest absolute Gasteiger partial charge is 0.355 e. The number of amides is 1. The van der Waals surface area contributed by atoms with Crippen LogP contribution >= 0.6 is 11.6 Å². The van der Waals surface area contributed by atoms with Crippen LogP contribution in [0.15, 0.2) is 24.3 Å². The third-order valence-electron chi connectivity index (χ3n) is 4.20. The molecule has 0 bridgehead atoms. The van der Waals surface area contributed by atoms with Crippen LogP contribution in [-0.2, 0) is 9.53 Å². The maximum absolute atomic E-state index is 12.2. The monoisotopic (exact) mass is 378 g/mol. The topological polar surface area (TPSA) is 91.4 Å². The van der Waals surface area contributed by atoms with Crippen molar-refractivity contribution in [3.8, 4) is 0 Å². The lowest BCUT2D eigenvalue weighted by Gasteiger charge is -2.14. The number of aromatic amines is 1. The number of rotatable bonds is 6. The van der Waals surface area contributed by atoms with Gasteiger partial charge in [-0.05, 0) is 51.0 Å². The lowest BCUT2D eigenvalue weighted by atomic mass is 10.1. The zero-order chi connectivity index (χ0) is 19.4. The van der Waals surface area contributed by atoms with E-state index < -0.39 is 24.6 Å². The van der Waals surface area contributed by atoms with Crippen molar-refractivity contribution in [2.75, 3.05) is 6.61 Å². The van der Waals surface area contributed by atoms with Gasteiger partial charge in [0.2, 0.25) is 0 Å². The summed E-state index contributed by atoms with van der Waals surface area (Å²) in [4.78, 5) is 27.2. The lowest BCUT2D eigenvalue weighted by Crippen LogP contribution is -2.31. The Bertz CT molecular complexity index is 797. The average molecular weight is 379 g/mol. The normalized spacial score (nSPS) is 13.2. The second kappa shape index (κ2) is 8.38.